The fourth-order valence-electron chi connectivity index (χ4n) is 2.69. The summed E-state index contributed by atoms with van der Waals surface area (Å²) in [5.74, 6) is -0.104. The van der Waals surface area contributed by atoms with Crippen LogP contribution >= 0.6 is 0 Å². The number of halogens is 1. The molecule has 2 unspecified atom stereocenters. The molecule has 0 bridgehead atoms. The third-order valence-electron chi connectivity index (χ3n) is 4.44. The molecule has 1 aliphatic rings. The van der Waals surface area contributed by atoms with Crippen molar-refractivity contribution in [1.82, 2.24) is 10.2 Å². The lowest BCUT2D eigenvalue weighted by Crippen LogP contribution is -2.54. The summed E-state index contributed by atoms with van der Waals surface area (Å²) < 4.78 is 13.8. The quantitative estimate of drug-likeness (QED) is 0.906. The largest absolute Gasteiger partial charge is 0.367 e. The molecular weight excluding hydrogens is 281 g/mol. The monoisotopic (exact) mass is 307 g/mol. The van der Waals surface area contributed by atoms with Crippen molar-refractivity contribution in [2.24, 2.45) is 0 Å². The lowest BCUT2D eigenvalue weighted by molar-refractivity contribution is -0.126. The zero-order chi connectivity index (χ0) is 16.1. The Morgan fingerprint density at radius 2 is 1.86 bits per heavy atom. The Kier molecular flexibility index (Phi) is 5.77. The number of rotatable bonds is 5. The summed E-state index contributed by atoms with van der Waals surface area (Å²) in [6.45, 7) is 9.02. The van der Waals surface area contributed by atoms with Crippen LogP contribution in [0.5, 0.6) is 0 Å². The maximum atomic E-state index is 13.8. The van der Waals surface area contributed by atoms with Gasteiger partial charge in [-0.25, -0.2) is 4.39 Å². The molecule has 2 rings (SSSR count). The minimum atomic E-state index is -0.182. The predicted octanol–water partition coefficient (Wildman–Crippen LogP) is 2.25. The molecule has 1 heterocycles. The zero-order valence-electron chi connectivity index (χ0n) is 13.7. The Hall–Kier alpha value is -1.62. The van der Waals surface area contributed by atoms with Crippen molar-refractivity contribution in [3.05, 3.63) is 30.1 Å². The SMILES string of the molecule is CCC(C)NC(=O)C(C)N1CCN(c2ccccc2F)CC1. The molecule has 5 heteroatoms. The van der Waals surface area contributed by atoms with Crippen molar-refractivity contribution in [3.8, 4) is 0 Å². The minimum absolute atomic E-state index is 0.0775. The third kappa shape index (κ3) is 3.97. The van der Waals surface area contributed by atoms with Gasteiger partial charge in [0.1, 0.15) is 5.82 Å². The van der Waals surface area contributed by atoms with Crippen LogP contribution in [0, 0.1) is 5.82 Å². The lowest BCUT2D eigenvalue weighted by atomic mass is 10.1. The second-order valence-corrected chi connectivity index (χ2v) is 5.97. The van der Waals surface area contributed by atoms with Crippen LogP contribution < -0.4 is 10.2 Å². The van der Waals surface area contributed by atoms with Crippen molar-refractivity contribution in [1.29, 1.82) is 0 Å². The zero-order valence-corrected chi connectivity index (χ0v) is 13.7. The predicted molar refractivity (Wildman–Crippen MR) is 87.5 cm³/mol. The van der Waals surface area contributed by atoms with E-state index in [2.05, 4.69) is 17.1 Å². The highest BCUT2D eigenvalue weighted by atomic mass is 19.1. The average molecular weight is 307 g/mol. The van der Waals surface area contributed by atoms with Gasteiger partial charge >= 0.3 is 0 Å². The van der Waals surface area contributed by atoms with Gasteiger partial charge in [0.2, 0.25) is 5.91 Å². The molecule has 1 aliphatic heterocycles. The summed E-state index contributed by atoms with van der Waals surface area (Å²) >= 11 is 0. The maximum Gasteiger partial charge on any atom is 0.237 e. The summed E-state index contributed by atoms with van der Waals surface area (Å²) in [5, 5.41) is 3.02. The highest BCUT2D eigenvalue weighted by Gasteiger charge is 2.26. The molecule has 0 spiro atoms. The van der Waals surface area contributed by atoms with Crippen molar-refractivity contribution in [3.63, 3.8) is 0 Å². The van der Waals surface area contributed by atoms with Gasteiger partial charge in [-0.3, -0.25) is 9.69 Å². The molecule has 1 aromatic rings. The molecule has 2 atom stereocenters. The third-order valence-corrected chi connectivity index (χ3v) is 4.44. The summed E-state index contributed by atoms with van der Waals surface area (Å²) in [6.07, 6.45) is 0.930. The minimum Gasteiger partial charge on any atom is -0.367 e. The highest BCUT2D eigenvalue weighted by Crippen LogP contribution is 2.20. The van der Waals surface area contributed by atoms with Gasteiger partial charge in [-0.05, 0) is 32.4 Å². The smallest absolute Gasteiger partial charge is 0.237 e. The molecule has 22 heavy (non-hydrogen) atoms. The van der Waals surface area contributed by atoms with Crippen LogP contribution in [0.15, 0.2) is 24.3 Å². The molecule has 1 amide bonds. The number of piperazine rings is 1. The number of hydrogen-bond acceptors (Lipinski definition) is 3. The second kappa shape index (κ2) is 7.58. The number of anilines is 1. The Morgan fingerprint density at radius 3 is 2.45 bits per heavy atom. The van der Waals surface area contributed by atoms with E-state index in [4.69, 9.17) is 0 Å². The molecule has 1 saturated heterocycles. The molecule has 0 aliphatic carbocycles. The number of para-hydroxylation sites is 1. The number of carbonyl (C=O) groups excluding carboxylic acids is 1. The van der Waals surface area contributed by atoms with Crippen molar-refractivity contribution in [2.45, 2.75) is 39.3 Å². The molecule has 0 saturated carbocycles. The van der Waals surface area contributed by atoms with E-state index >= 15 is 0 Å². The topological polar surface area (TPSA) is 35.6 Å². The van der Waals surface area contributed by atoms with E-state index in [1.54, 1.807) is 6.07 Å². The first-order valence-corrected chi connectivity index (χ1v) is 8.06. The van der Waals surface area contributed by atoms with Crippen molar-refractivity contribution in [2.75, 3.05) is 31.1 Å². The van der Waals surface area contributed by atoms with Gasteiger partial charge in [-0.1, -0.05) is 19.1 Å². The van der Waals surface area contributed by atoms with Crippen LogP contribution in [-0.4, -0.2) is 49.1 Å². The first-order valence-electron chi connectivity index (χ1n) is 8.06. The second-order valence-electron chi connectivity index (χ2n) is 5.97. The Bertz CT molecular complexity index is 500. The van der Waals surface area contributed by atoms with E-state index in [9.17, 15) is 9.18 Å². The van der Waals surface area contributed by atoms with E-state index in [0.29, 0.717) is 5.69 Å². The van der Waals surface area contributed by atoms with Gasteiger partial charge < -0.3 is 10.2 Å². The first kappa shape index (κ1) is 16.7. The normalized spacial score (nSPS) is 18.8. The molecule has 4 nitrogen and oxygen atoms in total. The van der Waals surface area contributed by atoms with Crippen LogP contribution in [0.4, 0.5) is 10.1 Å². The number of benzene rings is 1. The van der Waals surface area contributed by atoms with Crippen molar-refractivity contribution >= 4 is 11.6 Å². The maximum absolute atomic E-state index is 13.8. The van der Waals surface area contributed by atoms with E-state index < -0.39 is 0 Å². The number of hydrogen-bond donors (Lipinski definition) is 1. The van der Waals surface area contributed by atoms with Crippen LogP contribution in [0.1, 0.15) is 27.2 Å². The number of nitrogens with zero attached hydrogens (tertiary/aromatic N) is 2. The molecule has 0 aromatic heterocycles. The van der Waals surface area contributed by atoms with Gasteiger partial charge in [0.15, 0.2) is 0 Å². The molecular formula is C17H26FN3O. The summed E-state index contributed by atoms with van der Waals surface area (Å²) in [5.41, 5.74) is 0.652. The fraction of sp³-hybridized carbons (Fsp3) is 0.588. The van der Waals surface area contributed by atoms with Gasteiger partial charge in [0.25, 0.3) is 0 Å². The van der Waals surface area contributed by atoms with Gasteiger partial charge in [-0.15, -0.1) is 0 Å². The fourth-order valence-corrected chi connectivity index (χ4v) is 2.69. The van der Waals surface area contributed by atoms with Crippen LogP contribution in [-0.2, 0) is 4.79 Å². The van der Waals surface area contributed by atoms with E-state index in [-0.39, 0.29) is 23.8 Å². The summed E-state index contributed by atoms with van der Waals surface area (Å²) in [7, 11) is 0. The van der Waals surface area contributed by atoms with Crippen molar-refractivity contribution < 1.29 is 9.18 Å². The Morgan fingerprint density at radius 1 is 1.23 bits per heavy atom. The number of nitrogens with one attached hydrogen (secondary N) is 1. The standard InChI is InChI=1S/C17H26FN3O/c1-4-13(2)19-17(22)14(3)20-9-11-21(12-10-20)16-8-6-5-7-15(16)18/h5-8,13-14H,4,9-12H2,1-3H3,(H,19,22). The van der Waals surface area contributed by atoms with Gasteiger partial charge in [0, 0.05) is 32.2 Å². The van der Waals surface area contributed by atoms with Gasteiger partial charge in [-0.2, -0.15) is 0 Å². The molecule has 1 aromatic carbocycles. The number of amides is 1. The Balaban J connectivity index is 1.89. The average Bonchev–Trinajstić information content (AvgIpc) is 2.54. The lowest BCUT2D eigenvalue weighted by Gasteiger charge is -2.38. The molecule has 1 fully saturated rings. The summed E-state index contributed by atoms with van der Waals surface area (Å²) in [6, 6.07) is 6.92. The molecule has 1 N–H and O–H groups in total. The first-order chi connectivity index (χ1) is 10.5. The van der Waals surface area contributed by atoms with E-state index in [0.717, 1.165) is 32.6 Å². The summed E-state index contributed by atoms with van der Waals surface area (Å²) in [4.78, 5) is 16.4. The highest BCUT2D eigenvalue weighted by molar-refractivity contribution is 5.81. The van der Waals surface area contributed by atoms with Crippen LogP contribution in [0.25, 0.3) is 0 Å². The van der Waals surface area contributed by atoms with Crippen LogP contribution in [0.3, 0.4) is 0 Å². The number of carbonyl (C=O) groups is 1. The van der Waals surface area contributed by atoms with Gasteiger partial charge in [0.05, 0.1) is 11.7 Å². The van der Waals surface area contributed by atoms with E-state index in [1.165, 1.54) is 6.07 Å². The molecule has 122 valence electrons. The Labute approximate surface area is 132 Å². The van der Waals surface area contributed by atoms with Crippen LogP contribution in [0.2, 0.25) is 0 Å². The molecule has 0 radical (unpaired) electrons. The van der Waals surface area contributed by atoms with E-state index in [1.807, 2.05) is 30.9 Å².